The summed E-state index contributed by atoms with van der Waals surface area (Å²) in [6.07, 6.45) is 0. The van der Waals surface area contributed by atoms with Crippen LogP contribution in [0.15, 0.2) is 53.4 Å². The summed E-state index contributed by atoms with van der Waals surface area (Å²) in [5, 5.41) is 20.0. The maximum absolute atomic E-state index is 13.2. The molecule has 3 rings (SSSR count). The molecule has 0 spiro atoms. The second-order valence-electron chi connectivity index (χ2n) is 5.70. The molecule has 0 saturated carbocycles. The van der Waals surface area contributed by atoms with E-state index in [1.165, 1.54) is 31.4 Å². The molecule has 0 aromatic heterocycles. The molecule has 0 radical (unpaired) electrons. The number of rotatable bonds is 7. The summed E-state index contributed by atoms with van der Waals surface area (Å²) >= 11 is 1.06. The van der Waals surface area contributed by atoms with E-state index in [0.29, 0.717) is 17.0 Å². The Morgan fingerprint density at radius 3 is 2.39 bits per heavy atom. The van der Waals surface area contributed by atoms with Gasteiger partial charge in [0.25, 0.3) is 17.5 Å². The largest absolute Gasteiger partial charge is 0.495 e. The van der Waals surface area contributed by atoms with E-state index in [0.717, 1.165) is 16.7 Å². The van der Waals surface area contributed by atoms with Gasteiger partial charge in [-0.25, -0.2) is 4.90 Å². The Morgan fingerprint density at radius 2 is 1.79 bits per heavy atom. The highest BCUT2D eigenvalue weighted by Gasteiger charge is 2.41. The van der Waals surface area contributed by atoms with E-state index in [4.69, 9.17) is 9.84 Å². The topological polar surface area (TPSA) is 110 Å². The van der Waals surface area contributed by atoms with Crippen molar-refractivity contribution in [3.05, 3.63) is 69.1 Å². The van der Waals surface area contributed by atoms with Crippen LogP contribution in [-0.4, -0.2) is 41.3 Å². The molecule has 1 N–H and O–H groups in total. The van der Waals surface area contributed by atoms with Gasteiger partial charge in [-0.15, -0.1) is 11.8 Å². The van der Waals surface area contributed by atoms with Crippen LogP contribution < -0.4 is 9.64 Å². The third kappa shape index (κ3) is 3.49. The number of aliphatic hydroxyl groups is 1. The Bertz CT molecular complexity index is 971. The maximum Gasteiger partial charge on any atom is 0.272 e. The monoisotopic (exact) mass is 400 g/mol. The first-order valence-electron chi connectivity index (χ1n) is 8.24. The predicted molar refractivity (Wildman–Crippen MR) is 105 cm³/mol. The first-order chi connectivity index (χ1) is 13.5. The van der Waals surface area contributed by atoms with Crippen LogP contribution >= 0.6 is 11.8 Å². The molecule has 2 aromatic carbocycles. The zero-order chi connectivity index (χ0) is 20.3. The van der Waals surface area contributed by atoms with Crippen molar-refractivity contribution in [1.29, 1.82) is 0 Å². The van der Waals surface area contributed by atoms with E-state index in [1.54, 1.807) is 24.3 Å². The van der Waals surface area contributed by atoms with Crippen molar-refractivity contribution in [2.75, 3.05) is 24.4 Å². The summed E-state index contributed by atoms with van der Waals surface area (Å²) < 4.78 is 5.27. The summed E-state index contributed by atoms with van der Waals surface area (Å²) in [7, 11) is 1.44. The number of carbonyl (C=O) groups excluding carboxylic acids is 2. The number of ether oxygens (including phenoxy) is 1. The lowest BCUT2D eigenvalue weighted by Crippen LogP contribution is -2.31. The zero-order valence-corrected chi connectivity index (χ0v) is 15.6. The number of hydrogen-bond acceptors (Lipinski definition) is 7. The van der Waals surface area contributed by atoms with E-state index >= 15 is 0 Å². The number of amides is 2. The molecule has 1 heterocycles. The van der Waals surface area contributed by atoms with Gasteiger partial charge in [-0.2, -0.15) is 0 Å². The van der Waals surface area contributed by atoms with Crippen LogP contribution in [0.4, 0.5) is 11.4 Å². The molecule has 0 saturated heterocycles. The van der Waals surface area contributed by atoms with Crippen molar-refractivity contribution in [2.45, 2.75) is 0 Å². The van der Waals surface area contributed by atoms with Gasteiger partial charge in [0.2, 0.25) is 0 Å². The highest BCUT2D eigenvalue weighted by molar-refractivity contribution is 8.04. The maximum atomic E-state index is 13.2. The number of nitrogens with zero attached hydrogens (tertiary/aromatic N) is 2. The van der Waals surface area contributed by atoms with E-state index in [2.05, 4.69) is 0 Å². The molecule has 1 aliphatic rings. The van der Waals surface area contributed by atoms with Crippen molar-refractivity contribution >= 4 is 40.5 Å². The Hall–Kier alpha value is -3.17. The van der Waals surface area contributed by atoms with Gasteiger partial charge in [-0.05, 0) is 29.8 Å². The zero-order valence-electron chi connectivity index (χ0n) is 14.8. The molecule has 144 valence electrons. The lowest BCUT2D eigenvalue weighted by molar-refractivity contribution is -0.384. The molecule has 8 nitrogen and oxygen atoms in total. The third-order valence-electron chi connectivity index (χ3n) is 4.07. The van der Waals surface area contributed by atoms with Crippen LogP contribution in [-0.2, 0) is 9.59 Å². The van der Waals surface area contributed by atoms with Crippen molar-refractivity contribution < 1.29 is 24.4 Å². The predicted octanol–water partition coefficient (Wildman–Crippen LogP) is 2.61. The molecule has 28 heavy (non-hydrogen) atoms. The van der Waals surface area contributed by atoms with Crippen LogP contribution in [0.1, 0.15) is 5.56 Å². The minimum absolute atomic E-state index is 0.118. The summed E-state index contributed by atoms with van der Waals surface area (Å²) in [5.41, 5.74) is 0.720. The van der Waals surface area contributed by atoms with Gasteiger partial charge in [0, 0.05) is 17.9 Å². The molecule has 0 aliphatic carbocycles. The number of nitro benzene ring substituents is 1. The van der Waals surface area contributed by atoms with E-state index < -0.39 is 16.7 Å². The molecule has 2 amide bonds. The average molecular weight is 400 g/mol. The number of imide groups is 1. The normalized spacial score (nSPS) is 14.0. The standard InChI is InChI=1S/C19H16N2O6S/c1-27-15-5-3-2-4-14(15)20-18(23)16(17(19(20)24)28-11-10-22)12-6-8-13(9-7-12)21(25)26/h2-9,22H,10-11H2,1H3. The number of aliphatic hydroxyl groups excluding tert-OH is 1. The molecular formula is C19H16N2O6S. The second kappa shape index (κ2) is 8.24. The first kappa shape index (κ1) is 19.6. The molecule has 0 bridgehead atoms. The van der Waals surface area contributed by atoms with Gasteiger partial charge in [0.05, 0.1) is 34.8 Å². The fourth-order valence-electron chi connectivity index (χ4n) is 2.83. The van der Waals surface area contributed by atoms with Crippen LogP contribution in [0, 0.1) is 10.1 Å². The Balaban J connectivity index is 2.08. The number of hydrogen-bond donors (Lipinski definition) is 1. The SMILES string of the molecule is COc1ccccc1N1C(=O)C(SCCO)=C(c2ccc([N+](=O)[O-])cc2)C1=O. The Kier molecular flexibility index (Phi) is 5.76. The number of non-ortho nitro benzene ring substituents is 1. The van der Waals surface area contributed by atoms with E-state index in [1.807, 2.05) is 0 Å². The second-order valence-corrected chi connectivity index (χ2v) is 6.80. The lowest BCUT2D eigenvalue weighted by Gasteiger charge is -2.18. The number of carbonyl (C=O) groups is 2. The quantitative estimate of drug-likeness (QED) is 0.432. The van der Waals surface area contributed by atoms with E-state index in [9.17, 15) is 19.7 Å². The van der Waals surface area contributed by atoms with Crippen molar-refractivity contribution in [3.63, 3.8) is 0 Å². The first-order valence-corrected chi connectivity index (χ1v) is 9.22. The number of methoxy groups -OCH3 is 1. The van der Waals surface area contributed by atoms with Gasteiger partial charge < -0.3 is 9.84 Å². The van der Waals surface area contributed by atoms with E-state index in [-0.39, 0.29) is 28.5 Å². The summed E-state index contributed by atoms with van der Waals surface area (Å²) in [4.78, 5) is 37.7. The van der Waals surface area contributed by atoms with Crippen LogP contribution in [0.2, 0.25) is 0 Å². The Morgan fingerprint density at radius 1 is 1.11 bits per heavy atom. The number of benzene rings is 2. The molecule has 0 unspecified atom stereocenters. The van der Waals surface area contributed by atoms with Crippen molar-refractivity contribution in [1.82, 2.24) is 0 Å². The van der Waals surface area contributed by atoms with Crippen LogP contribution in [0.5, 0.6) is 5.75 Å². The van der Waals surface area contributed by atoms with Crippen LogP contribution in [0.3, 0.4) is 0 Å². The molecule has 9 heteroatoms. The van der Waals surface area contributed by atoms with Crippen LogP contribution in [0.25, 0.3) is 5.57 Å². The highest BCUT2D eigenvalue weighted by atomic mass is 32.2. The molecular weight excluding hydrogens is 384 g/mol. The minimum Gasteiger partial charge on any atom is -0.495 e. The Labute approximate surface area is 164 Å². The van der Waals surface area contributed by atoms with Gasteiger partial charge >= 0.3 is 0 Å². The summed E-state index contributed by atoms with van der Waals surface area (Å²) in [6, 6.07) is 12.1. The molecule has 1 aliphatic heterocycles. The fraction of sp³-hybridized carbons (Fsp3) is 0.158. The van der Waals surface area contributed by atoms with Gasteiger partial charge in [0.15, 0.2) is 0 Å². The number of anilines is 1. The summed E-state index contributed by atoms with van der Waals surface area (Å²) in [5.74, 6) is -0.490. The van der Waals surface area contributed by atoms with Crippen molar-refractivity contribution in [2.24, 2.45) is 0 Å². The van der Waals surface area contributed by atoms with Crippen molar-refractivity contribution in [3.8, 4) is 5.75 Å². The molecule has 0 fully saturated rings. The van der Waals surface area contributed by atoms with Gasteiger partial charge in [-0.3, -0.25) is 19.7 Å². The number of thioether (sulfide) groups is 1. The summed E-state index contributed by atoms with van der Waals surface area (Å²) in [6.45, 7) is -0.169. The fourth-order valence-corrected chi connectivity index (χ4v) is 3.69. The van der Waals surface area contributed by atoms with Gasteiger partial charge in [-0.1, -0.05) is 12.1 Å². The lowest BCUT2D eigenvalue weighted by atomic mass is 10.1. The minimum atomic E-state index is -0.552. The number of para-hydroxylation sites is 2. The average Bonchev–Trinajstić information content (AvgIpc) is 2.95. The smallest absolute Gasteiger partial charge is 0.272 e. The number of nitro groups is 1. The highest BCUT2D eigenvalue weighted by Crippen LogP contribution is 2.41. The molecule has 0 atom stereocenters. The molecule has 2 aromatic rings. The third-order valence-corrected chi connectivity index (χ3v) is 5.13. The van der Waals surface area contributed by atoms with Gasteiger partial charge in [0.1, 0.15) is 5.75 Å².